The second-order valence-corrected chi connectivity index (χ2v) is 16.1. The first-order valence-electron chi connectivity index (χ1n) is 10.6. The Hall–Kier alpha value is -1.65. The van der Waals surface area contributed by atoms with E-state index in [9.17, 15) is 4.79 Å². The molecule has 2 saturated heterocycles. The van der Waals surface area contributed by atoms with Gasteiger partial charge in [0.2, 0.25) is 0 Å². The number of piperidine rings is 1. The van der Waals surface area contributed by atoms with Crippen molar-refractivity contribution in [1.29, 1.82) is 0 Å². The number of nitrogens with zero attached hydrogens (tertiary/aromatic N) is 4. The molecule has 2 aromatic rings. The largest absolute Gasteiger partial charge is 0.465 e. The smallest absolute Gasteiger partial charge is 0.404 e. The third-order valence-electron chi connectivity index (χ3n) is 6.06. The lowest BCUT2D eigenvalue weighted by Crippen LogP contribution is -2.50. The summed E-state index contributed by atoms with van der Waals surface area (Å²) >= 11 is 3.60. The van der Waals surface area contributed by atoms with Crippen molar-refractivity contribution in [3.8, 4) is 0 Å². The predicted octanol–water partition coefficient (Wildman–Crippen LogP) is 4.27. The van der Waals surface area contributed by atoms with Gasteiger partial charge in [-0.3, -0.25) is 0 Å². The van der Waals surface area contributed by atoms with Crippen LogP contribution in [0.3, 0.4) is 0 Å². The minimum Gasteiger partial charge on any atom is -0.465 e. The van der Waals surface area contributed by atoms with Crippen molar-refractivity contribution in [3.63, 3.8) is 0 Å². The van der Waals surface area contributed by atoms with Crippen LogP contribution in [0.25, 0.3) is 11.2 Å². The van der Waals surface area contributed by atoms with Gasteiger partial charge in [0.15, 0.2) is 5.65 Å². The summed E-state index contributed by atoms with van der Waals surface area (Å²) in [5.41, 5.74) is 1.65. The summed E-state index contributed by atoms with van der Waals surface area (Å²) in [6, 6.07) is 1.75. The van der Waals surface area contributed by atoms with Gasteiger partial charge in [-0.1, -0.05) is 19.6 Å². The van der Waals surface area contributed by atoms with Gasteiger partial charge >= 0.3 is 6.09 Å². The van der Waals surface area contributed by atoms with Crippen molar-refractivity contribution in [1.82, 2.24) is 19.9 Å². The molecule has 0 spiro atoms. The fraction of sp³-hybridized carbons (Fsp3) is 0.650. The zero-order valence-electron chi connectivity index (χ0n) is 17.8. The number of nitrogens with one attached hydrogen (secondary N) is 1. The van der Waals surface area contributed by atoms with Crippen LogP contribution in [0.4, 0.5) is 10.6 Å². The number of ether oxygens (including phenoxy) is 1. The second kappa shape index (κ2) is 8.47. The van der Waals surface area contributed by atoms with Crippen LogP contribution in [0, 0.1) is 0 Å². The van der Waals surface area contributed by atoms with Gasteiger partial charge in [-0.25, -0.2) is 14.8 Å². The quantitative estimate of drug-likeness (QED) is 0.439. The summed E-state index contributed by atoms with van der Waals surface area (Å²) in [7, 11) is -1.12. The van der Waals surface area contributed by atoms with Gasteiger partial charge in [0.1, 0.15) is 18.1 Å². The van der Waals surface area contributed by atoms with Crippen LogP contribution < -0.4 is 10.2 Å². The first kappa shape index (κ1) is 21.6. The maximum atomic E-state index is 11.0. The molecule has 2 N–H and O–H groups in total. The fourth-order valence-electron chi connectivity index (χ4n) is 4.61. The van der Waals surface area contributed by atoms with E-state index in [0.717, 1.165) is 59.8 Å². The second-order valence-electron chi connectivity index (χ2n) is 9.61. The Labute approximate surface area is 186 Å². The molecule has 2 aliphatic rings. The number of aromatic nitrogens is 3. The number of amides is 1. The van der Waals surface area contributed by atoms with Crippen molar-refractivity contribution >= 4 is 47.1 Å². The lowest BCUT2D eigenvalue weighted by molar-refractivity contribution is 0.0898. The van der Waals surface area contributed by atoms with Gasteiger partial charge in [0, 0.05) is 39.0 Å². The number of hydrogen-bond acceptors (Lipinski definition) is 5. The Bertz CT molecular complexity index is 917. The Balaban J connectivity index is 1.51. The minimum absolute atomic E-state index is 0.0192. The fourth-order valence-corrected chi connectivity index (χ4v) is 5.89. The van der Waals surface area contributed by atoms with Crippen molar-refractivity contribution in [2.75, 3.05) is 11.5 Å². The van der Waals surface area contributed by atoms with Crippen LogP contribution in [0.2, 0.25) is 25.7 Å². The van der Waals surface area contributed by atoms with Crippen molar-refractivity contribution < 1.29 is 14.6 Å². The number of rotatable bonds is 7. The SMILES string of the molecule is C[Si](C)(C)CCOCn1cc(Br)c2ncc(N3[C@@H]4CC[C@H]3C[C@H](NC(=O)O)C4)nc21. The van der Waals surface area contributed by atoms with E-state index < -0.39 is 14.2 Å². The lowest BCUT2D eigenvalue weighted by Gasteiger charge is -2.39. The third-order valence-corrected chi connectivity index (χ3v) is 8.35. The molecule has 2 aromatic heterocycles. The van der Waals surface area contributed by atoms with Gasteiger partial charge in [0.05, 0.1) is 10.7 Å². The van der Waals surface area contributed by atoms with Gasteiger partial charge in [-0.2, -0.15) is 0 Å². The molecule has 3 atom stereocenters. The summed E-state index contributed by atoms with van der Waals surface area (Å²) in [5, 5.41) is 11.7. The monoisotopic (exact) mass is 495 g/mol. The highest BCUT2D eigenvalue weighted by atomic mass is 79.9. The van der Waals surface area contributed by atoms with Crippen LogP contribution in [-0.2, 0) is 11.5 Å². The number of anilines is 1. The highest BCUT2D eigenvalue weighted by molar-refractivity contribution is 9.10. The van der Waals surface area contributed by atoms with Gasteiger partial charge in [-0.05, 0) is 47.7 Å². The predicted molar refractivity (Wildman–Crippen MR) is 123 cm³/mol. The van der Waals surface area contributed by atoms with Crippen LogP contribution in [0.15, 0.2) is 16.9 Å². The van der Waals surface area contributed by atoms with Crippen LogP contribution in [0.5, 0.6) is 0 Å². The lowest BCUT2D eigenvalue weighted by atomic mass is 9.97. The molecular formula is C20H30BrN5O3Si. The van der Waals surface area contributed by atoms with Crippen molar-refractivity contribution in [2.45, 2.75) is 76.2 Å². The maximum absolute atomic E-state index is 11.0. The highest BCUT2D eigenvalue weighted by Crippen LogP contribution is 2.39. The Morgan fingerprint density at radius 1 is 1.33 bits per heavy atom. The number of halogens is 1. The van der Waals surface area contributed by atoms with E-state index in [0.29, 0.717) is 18.8 Å². The molecular weight excluding hydrogens is 466 g/mol. The molecule has 2 fully saturated rings. The number of fused-ring (bicyclic) bond motifs is 3. The molecule has 0 radical (unpaired) electrons. The average Bonchev–Trinajstić information content (AvgIpc) is 3.11. The van der Waals surface area contributed by atoms with Gasteiger partial charge in [0.25, 0.3) is 0 Å². The average molecular weight is 496 g/mol. The van der Waals surface area contributed by atoms with E-state index in [4.69, 9.17) is 14.8 Å². The van der Waals surface area contributed by atoms with Crippen LogP contribution in [-0.4, -0.2) is 58.5 Å². The van der Waals surface area contributed by atoms with Crippen LogP contribution >= 0.6 is 15.9 Å². The van der Waals surface area contributed by atoms with Crippen molar-refractivity contribution in [2.24, 2.45) is 0 Å². The zero-order chi connectivity index (χ0) is 21.5. The Morgan fingerprint density at radius 2 is 2.03 bits per heavy atom. The third kappa shape index (κ3) is 4.65. The molecule has 2 bridgehead atoms. The Kier molecular flexibility index (Phi) is 6.09. The zero-order valence-corrected chi connectivity index (χ0v) is 20.4. The molecule has 0 saturated carbocycles. The molecule has 8 nitrogen and oxygen atoms in total. The molecule has 0 unspecified atom stereocenters. The number of carboxylic acid groups (broad SMARTS) is 1. The Morgan fingerprint density at radius 3 is 2.67 bits per heavy atom. The molecule has 0 aromatic carbocycles. The van der Waals surface area contributed by atoms with E-state index in [1.165, 1.54) is 0 Å². The van der Waals surface area contributed by atoms with E-state index in [2.05, 4.69) is 50.8 Å². The molecule has 4 heterocycles. The van der Waals surface area contributed by atoms with E-state index >= 15 is 0 Å². The molecule has 1 amide bonds. The standard InChI is InChI=1S/C20H30BrN5O3Si/c1-30(2,3)7-6-29-12-25-11-16(21)18-19(25)24-17(10-22-18)26-14-4-5-15(26)9-13(8-14)23-20(27)28/h10-11,13-15,23H,4-9,12H2,1-3H3,(H,27,28)/t13-,14-,15+. The van der Waals surface area contributed by atoms with Gasteiger partial charge in [-0.15, -0.1) is 0 Å². The molecule has 4 rings (SSSR count). The topological polar surface area (TPSA) is 92.5 Å². The first-order chi connectivity index (χ1) is 14.2. The summed E-state index contributed by atoms with van der Waals surface area (Å²) in [6.07, 6.45) is 6.64. The van der Waals surface area contributed by atoms with Crippen molar-refractivity contribution in [3.05, 3.63) is 16.9 Å². The summed E-state index contributed by atoms with van der Waals surface area (Å²) < 4.78 is 8.87. The molecule has 2 aliphatic heterocycles. The van der Waals surface area contributed by atoms with E-state index in [1.54, 1.807) is 0 Å². The number of carbonyl (C=O) groups is 1. The minimum atomic E-state index is -1.12. The van der Waals surface area contributed by atoms with E-state index in [1.807, 2.05) is 17.0 Å². The maximum Gasteiger partial charge on any atom is 0.404 e. The summed E-state index contributed by atoms with van der Waals surface area (Å²) in [5.74, 6) is 0.873. The van der Waals surface area contributed by atoms with E-state index in [-0.39, 0.29) is 6.04 Å². The highest BCUT2D eigenvalue weighted by Gasteiger charge is 2.42. The number of hydrogen-bond donors (Lipinski definition) is 2. The molecule has 0 aliphatic carbocycles. The summed E-state index contributed by atoms with van der Waals surface area (Å²) in [4.78, 5) is 23.0. The molecule has 164 valence electrons. The normalized spacial score (nSPS) is 23.9. The first-order valence-corrected chi connectivity index (χ1v) is 15.1. The molecule has 30 heavy (non-hydrogen) atoms. The summed E-state index contributed by atoms with van der Waals surface area (Å²) in [6.45, 7) is 8.26. The molecule has 10 heteroatoms. The van der Waals surface area contributed by atoms with Crippen LogP contribution in [0.1, 0.15) is 25.7 Å². The van der Waals surface area contributed by atoms with Gasteiger partial charge < -0.3 is 24.6 Å².